The number of piperidine rings is 3. The topological polar surface area (TPSA) is 68.4 Å². The highest BCUT2D eigenvalue weighted by molar-refractivity contribution is 5.99. The first-order chi connectivity index (χ1) is 10.2. The number of para-hydroxylation sites is 1. The van der Waals surface area contributed by atoms with Crippen LogP contribution in [0.3, 0.4) is 0 Å². The molecule has 1 aromatic heterocycles. The zero-order valence-electron chi connectivity index (χ0n) is 11.8. The first-order valence-corrected chi connectivity index (χ1v) is 7.54. The number of fused-ring (bicyclic) bond motifs is 4. The monoisotopic (exact) mass is 285 g/mol. The van der Waals surface area contributed by atoms with Crippen molar-refractivity contribution in [2.24, 2.45) is 5.92 Å². The minimum Gasteiger partial charge on any atom is -0.506 e. The molecule has 0 saturated carbocycles. The predicted octanol–water partition coefficient (Wildman–Crippen LogP) is 1.70. The number of nitrogens with one attached hydrogen (secondary N) is 2. The van der Waals surface area contributed by atoms with Gasteiger partial charge in [-0.05, 0) is 44.0 Å². The van der Waals surface area contributed by atoms with Crippen LogP contribution in [0.15, 0.2) is 24.3 Å². The lowest BCUT2D eigenvalue weighted by Gasteiger charge is -2.44. The van der Waals surface area contributed by atoms with E-state index in [2.05, 4.69) is 15.2 Å². The second-order valence-electron chi connectivity index (χ2n) is 6.14. The molecule has 5 rings (SSSR count). The van der Waals surface area contributed by atoms with Gasteiger partial charge < -0.3 is 20.3 Å². The normalized spacial score (nSPS) is 27.9. The van der Waals surface area contributed by atoms with Crippen LogP contribution in [-0.2, 0) is 0 Å². The third-order valence-corrected chi connectivity index (χ3v) is 4.85. The van der Waals surface area contributed by atoms with Crippen molar-refractivity contribution in [1.82, 2.24) is 15.2 Å². The second-order valence-corrected chi connectivity index (χ2v) is 6.14. The van der Waals surface area contributed by atoms with Gasteiger partial charge in [-0.15, -0.1) is 0 Å². The standard InChI is InChI=1S/C16H19N3O2/c20-14-3-1-2-11-8-12(17-15(11)14)16(21)18-13-9-19-6-4-10(13)5-7-19/h1-3,8,10,13,17,20H,4-7,9H2,(H,18,21). The summed E-state index contributed by atoms with van der Waals surface area (Å²) in [5.74, 6) is 0.704. The molecule has 1 unspecified atom stereocenters. The number of aromatic hydroxyl groups is 1. The van der Waals surface area contributed by atoms with Crippen LogP contribution >= 0.6 is 0 Å². The Morgan fingerprint density at radius 3 is 2.81 bits per heavy atom. The number of aromatic nitrogens is 1. The molecule has 3 aliphatic heterocycles. The Kier molecular flexibility index (Phi) is 2.89. The number of benzene rings is 1. The summed E-state index contributed by atoms with van der Waals surface area (Å²) in [7, 11) is 0. The SMILES string of the molecule is O=C(NC1CN2CCC1CC2)c1cc2cccc(O)c2[nH]1. The molecule has 21 heavy (non-hydrogen) atoms. The van der Waals surface area contributed by atoms with Gasteiger partial charge in [-0.2, -0.15) is 0 Å². The summed E-state index contributed by atoms with van der Waals surface area (Å²) < 4.78 is 0. The number of amides is 1. The smallest absolute Gasteiger partial charge is 0.268 e. The highest BCUT2D eigenvalue weighted by Crippen LogP contribution is 2.28. The van der Waals surface area contributed by atoms with Gasteiger partial charge in [-0.3, -0.25) is 4.79 Å². The van der Waals surface area contributed by atoms with Gasteiger partial charge in [-0.1, -0.05) is 12.1 Å². The van der Waals surface area contributed by atoms with Crippen LogP contribution in [0.4, 0.5) is 0 Å². The van der Waals surface area contributed by atoms with Crippen molar-refractivity contribution in [3.8, 4) is 5.75 Å². The van der Waals surface area contributed by atoms with Crippen molar-refractivity contribution >= 4 is 16.8 Å². The number of rotatable bonds is 2. The summed E-state index contributed by atoms with van der Waals surface area (Å²) in [4.78, 5) is 17.9. The van der Waals surface area contributed by atoms with E-state index in [-0.39, 0.29) is 17.7 Å². The number of carbonyl (C=O) groups is 1. The van der Waals surface area contributed by atoms with E-state index in [4.69, 9.17) is 0 Å². The van der Waals surface area contributed by atoms with Crippen molar-refractivity contribution in [3.63, 3.8) is 0 Å². The molecule has 2 bridgehead atoms. The molecule has 4 heterocycles. The Morgan fingerprint density at radius 2 is 2.14 bits per heavy atom. The highest BCUT2D eigenvalue weighted by Gasteiger charge is 2.35. The summed E-state index contributed by atoms with van der Waals surface area (Å²) in [6, 6.07) is 7.33. The summed E-state index contributed by atoms with van der Waals surface area (Å²) >= 11 is 0. The lowest BCUT2D eigenvalue weighted by Crippen LogP contribution is -2.57. The predicted molar refractivity (Wildman–Crippen MR) is 80.4 cm³/mol. The average molecular weight is 285 g/mol. The van der Waals surface area contributed by atoms with Crippen molar-refractivity contribution < 1.29 is 9.90 Å². The Balaban J connectivity index is 1.55. The van der Waals surface area contributed by atoms with Crippen LogP contribution in [-0.4, -0.2) is 46.6 Å². The molecule has 3 N–H and O–H groups in total. The van der Waals surface area contributed by atoms with E-state index in [0.717, 1.165) is 25.0 Å². The largest absolute Gasteiger partial charge is 0.506 e. The molecule has 3 saturated heterocycles. The number of phenolic OH excluding ortho intramolecular Hbond substituents is 1. The molecule has 110 valence electrons. The van der Waals surface area contributed by atoms with Crippen LogP contribution in [0.5, 0.6) is 5.75 Å². The van der Waals surface area contributed by atoms with Crippen LogP contribution in [0.1, 0.15) is 23.3 Å². The molecular formula is C16H19N3O2. The van der Waals surface area contributed by atoms with Crippen molar-refractivity contribution in [2.45, 2.75) is 18.9 Å². The van der Waals surface area contributed by atoms with Gasteiger partial charge in [0.2, 0.25) is 0 Å². The number of phenols is 1. The number of hydrogen-bond acceptors (Lipinski definition) is 3. The third-order valence-electron chi connectivity index (χ3n) is 4.85. The van der Waals surface area contributed by atoms with E-state index < -0.39 is 0 Å². The van der Waals surface area contributed by atoms with Crippen molar-refractivity contribution in [2.75, 3.05) is 19.6 Å². The fourth-order valence-electron chi connectivity index (χ4n) is 3.64. The first-order valence-electron chi connectivity index (χ1n) is 7.54. The second kappa shape index (κ2) is 4.77. The number of nitrogens with zero attached hydrogens (tertiary/aromatic N) is 1. The molecule has 3 fully saturated rings. The van der Waals surface area contributed by atoms with Gasteiger partial charge in [-0.25, -0.2) is 0 Å². The highest BCUT2D eigenvalue weighted by atomic mass is 16.3. The molecule has 0 radical (unpaired) electrons. The molecule has 3 aliphatic rings. The summed E-state index contributed by atoms with van der Waals surface area (Å²) in [6.45, 7) is 3.29. The van der Waals surface area contributed by atoms with Gasteiger partial charge in [0.1, 0.15) is 11.4 Å². The van der Waals surface area contributed by atoms with E-state index in [1.54, 1.807) is 18.2 Å². The Morgan fingerprint density at radius 1 is 1.33 bits per heavy atom. The number of hydrogen-bond donors (Lipinski definition) is 3. The Bertz CT molecular complexity index is 686. The molecule has 1 aromatic carbocycles. The van der Waals surface area contributed by atoms with Crippen LogP contribution in [0.2, 0.25) is 0 Å². The minimum absolute atomic E-state index is 0.0793. The lowest BCUT2D eigenvalue weighted by molar-refractivity contribution is 0.0618. The molecule has 1 amide bonds. The van der Waals surface area contributed by atoms with E-state index >= 15 is 0 Å². The van der Waals surface area contributed by atoms with Crippen LogP contribution in [0, 0.1) is 5.92 Å². The zero-order valence-corrected chi connectivity index (χ0v) is 11.8. The molecule has 5 nitrogen and oxygen atoms in total. The maximum Gasteiger partial charge on any atom is 0.268 e. The van der Waals surface area contributed by atoms with E-state index in [0.29, 0.717) is 17.1 Å². The van der Waals surface area contributed by atoms with Gasteiger partial charge in [0, 0.05) is 18.0 Å². The first kappa shape index (κ1) is 12.7. The average Bonchev–Trinajstić information content (AvgIpc) is 2.94. The zero-order chi connectivity index (χ0) is 14.4. The molecule has 2 aromatic rings. The van der Waals surface area contributed by atoms with E-state index in [1.165, 1.54) is 12.8 Å². The van der Waals surface area contributed by atoms with Crippen LogP contribution in [0.25, 0.3) is 10.9 Å². The quantitative estimate of drug-likeness (QED) is 0.786. The third kappa shape index (κ3) is 2.17. The molecule has 1 atom stereocenters. The van der Waals surface area contributed by atoms with Crippen LogP contribution < -0.4 is 5.32 Å². The summed E-state index contributed by atoms with van der Waals surface area (Å²) in [5.41, 5.74) is 1.14. The Labute approximate surface area is 122 Å². The van der Waals surface area contributed by atoms with Gasteiger partial charge in [0.25, 0.3) is 5.91 Å². The Hall–Kier alpha value is -2.01. The number of carbonyl (C=O) groups excluding carboxylic acids is 1. The van der Waals surface area contributed by atoms with Gasteiger partial charge in [0.15, 0.2) is 0 Å². The minimum atomic E-state index is -0.0793. The maximum atomic E-state index is 12.4. The van der Waals surface area contributed by atoms with Crippen molar-refractivity contribution in [1.29, 1.82) is 0 Å². The molecular weight excluding hydrogens is 266 g/mol. The number of aromatic amines is 1. The maximum absolute atomic E-state index is 12.4. The summed E-state index contributed by atoms with van der Waals surface area (Å²) in [5, 5.41) is 13.8. The van der Waals surface area contributed by atoms with E-state index in [9.17, 15) is 9.90 Å². The lowest BCUT2D eigenvalue weighted by atomic mass is 9.84. The molecule has 5 heteroatoms. The van der Waals surface area contributed by atoms with Gasteiger partial charge in [0.05, 0.1) is 5.52 Å². The fourth-order valence-corrected chi connectivity index (χ4v) is 3.64. The molecule has 0 aliphatic carbocycles. The van der Waals surface area contributed by atoms with Gasteiger partial charge >= 0.3 is 0 Å². The fraction of sp³-hybridized carbons (Fsp3) is 0.438. The molecule has 0 spiro atoms. The van der Waals surface area contributed by atoms with Crippen molar-refractivity contribution in [3.05, 3.63) is 30.0 Å². The summed E-state index contributed by atoms with van der Waals surface area (Å²) in [6.07, 6.45) is 2.36. The van der Waals surface area contributed by atoms with E-state index in [1.807, 2.05) is 6.07 Å². The number of H-pyrrole nitrogens is 1.